The molecule has 6 heteroatoms. The number of rotatable bonds is 8. The van der Waals surface area contributed by atoms with Crippen molar-refractivity contribution >= 4 is 11.8 Å². The van der Waals surface area contributed by atoms with Crippen molar-refractivity contribution in [2.45, 2.75) is 45.6 Å². The summed E-state index contributed by atoms with van der Waals surface area (Å²) in [6, 6.07) is 9.97. The Bertz CT molecular complexity index is 720. The van der Waals surface area contributed by atoms with Gasteiger partial charge in [-0.05, 0) is 63.8 Å². The molecule has 2 fully saturated rings. The van der Waals surface area contributed by atoms with E-state index in [1.807, 2.05) is 23.1 Å². The smallest absolute Gasteiger partial charge is 0.244 e. The molecule has 1 atom stereocenters. The van der Waals surface area contributed by atoms with Crippen LogP contribution >= 0.6 is 0 Å². The van der Waals surface area contributed by atoms with E-state index >= 15 is 0 Å². The summed E-state index contributed by atoms with van der Waals surface area (Å²) in [6.07, 6.45) is 3.80. The predicted molar refractivity (Wildman–Crippen MR) is 125 cm³/mol. The van der Waals surface area contributed by atoms with Crippen molar-refractivity contribution < 1.29 is 9.59 Å². The van der Waals surface area contributed by atoms with E-state index in [4.69, 9.17) is 0 Å². The van der Waals surface area contributed by atoms with Crippen molar-refractivity contribution in [3.05, 3.63) is 35.9 Å². The summed E-state index contributed by atoms with van der Waals surface area (Å²) in [7, 11) is 4.11. The Hall–Kier alpha value is -1.92. The van der Waals surface area contributed by atoms with E-state index in [0.29, 0.717) is 19.6 Å². The number of amides is 2. The van der Waals surface area contributed by atoms with Crippen LogP contribution in [0.25, 0.3) is 0 Å². The fraction of sp³-hybridized carbons (Fsp3) is 0.680. The molecule has 1 N–H and O–H groups in total. The van der Waals surface area contributed by atoms with Crippen LogP contribution < -0.4 is 5.32 Å². The number of carbonyl (C=O) groups is 2. The topological polar surface area (TPSA) is 55.9 Å². The molecule has 0 radical (unpaired) electrons. The number of hydrogen-bond donors (Lipinski definition) is 1. The molecular weight excluding hydrogens is 388 g/mol. The molecule has 0 bridgehead atoms. The van der Waals surface area contributed by atoms with Gasteiger partial charge in [0.1, 0.15) is 6.04 Å². The highest BCUT2D eigenvalue weighted by atomic mass is 16.2. The van der Waals surface area contributed by atoms with Crippen molar-refractivity contribution in [2.75, 3.05) is 53.4 Å². The highest BCUT2D eigenvalue weighted by Gasteiger charge is 2.35. The fourth-order valence-corrected chi connectivity index (χ4v) is 5.06. The van der Waals surface area contributed by atoms with Crippen LogP contribution in [0.4, 0.5) is 0 Å². The third kappa shape index (κ3) is 6.53. The Labute approximate surface area is 188 Å². The molecule has 31 heavy (non-hydrogen) atoms. The van der Waals surface area contributed by atoms with Crippen molar-refractivity contribution in [3.8, 4) is 0 Å². The minimum absolute atomic E-state index is 0.00108. The first-order valence-electron chi connectivity index (χ1n) is 11.8. The first kappa shape index (κ1) is 23.7. The van der Waals surface area contributed by atoms with Gasteiger partial charge in [-0.1, -0.05) is 44.2 Å². The zero-order valence-electron chi connectivity index (χ0n) is 19.8. The van der Waals surface area contributed by atoms with Gasteiger partial charge in [0.2, 0.25) is 11.8 Å². The molecule has 172 valence electrons. The number of hydrogen-bond acceptors (Lipinski definition) is 4. The van der Waals surface area contributed by atoms with E-state index in [9.17, 15) is 9.59 Å². The molecule has 3 rings (SSSR count). The maximum Gasteiger partial charge on any atom is 0.244 e. The fourth-order valence-electron chi connectivity index (χ4n) is 5.06. The van der Waals surface area contributed by atoms with Crippen LogP contribution in [0.15, 0.2) is 30.3 Å². The highest BCUT2D eigenvalue weighted by molar-refractivity contribution is 5.84. The van der Waals surface area contributed by atoms with Crippen LogP contribution in [0, 0.1) is 11.3 Å². The van der Waals surface area contributed by atoms with Gasteiger partial charge in [0.25, 0.3) is 0 Å². The monoisotopic (exact) mass is 428 g/mol. The van der Waals surface area contributed by atoms with Crippen LogP contribution in [0.3, 0.4) is 0 Å². The lowest BCUT2D eigenvalue weighted by Gasteiger charge is -2.37. The van der Waals surface area contributed by atoms with Crippen molar-refractivity contribution in [3.63, 3.8) is 0 Å². The van der Waals surface area contributed by atoms with Crippen LogP contribution in [0.5, 0.6) is 0 Å². The zero-order chi connectivity index (χ0) is 22.4. The molecule has 1 aromatic rings. The average molecular weight is 429 g/mol. The third-order valence-corrected chi connectivity index (χ3v) is 6.52. The SMILES string of the molecule is CN(C)CC(C)(C)CNC(=O)C1CCN(C(=O)C(c2ccccc2)N2CCCC2)CC1. The Balaban J connectivity index is 1.55. The minimum Gasteiger partial charge on any atom is -0.355 e. The van der Waals surface area contributed by atoms with Crippen LogP contribution in [0.1, 0.15) is 51.1 Å². The zero-order valence-corrected chi connectivity index (χ0v) is 19.8. The quantitative estimate of drug-likeness (QED) is 0.692. The molecule has 2 heterocycles. The molecular formula is C25H40N4O2. The van der Waals surface area contributed by atoms with Crippen molar-refractivity contribution in [1.82, 2.24) is 20.0 Å². The second kappa shape index (κ2) is 10.6. The van der Waals surface area contributed by atoms with E-state index < -0.39 is 0 Å². The van der Waals surface area contributed by atoms with Crippen LogP contribution in [-0.2, 0) is 9.59 Å². The van der Waals surface area contributed by atoms with Gasteiger partial charge in [-0.15, -0.1) is 0 Å². The number of likely N-dealkylation sites (tertiary alicyclic amines) is 2. The van der Waals surface area contributed by atoms with Gasteiger partial charge in [-0.25, -0.2) is 0 Å². The number of carbonyl (C=O) groups excluding carboxylic acids is 2. The summed E-state index contributed by atoms with van der Waals surface area (Å²) >= 11 is 0. The molecule has 6 nitrogen and oxygen atoms in total. The van der Waals surface area contributed by atoms with Gasteiger partial charge in [-0.3, -0.25) is 14.5 Å². The maximum absolute atomic E-state index is 13.5. The van der Waals surface area contributed by atoms with Gasteiger partial charge in [0.15, 0.2) is 0 Å². The summed E-state index contributed by atoms with van der Waals surface area (Å²) < 4.78 is 0. The van der Waals surface area contributed by atoms with Crippen molar-refractivity contribution in [2.24, 2.45) is 11.3 Å². The lowest BCUT2D eigenvalue weighted by atomic mass is 9.91. The number of piperidine rings is 1. The summed E-state index contributed by atoms with van der Waals surface area (Å²) in [5.41, 5.74) is 1.12. The highest BCUT2D eigenvalue weighted by Crippen LogP contribution is 2.29. The van der Waals surface area contributed by atoms with Gasteiger partial charge in [0, 0.05) is 32.1 Å². The Morgan fingerprint density at radius 1 is 1.06 bits per heavy atom. The Morgan fingerprint density at radius 3 is 2.26 bits per heavy atom. The standard InChI is InChI=1S/C25H40N4O2/c1-25(2,19-27(3)4)18-26-23(30)21-12-16-29(17-13-21)24(31)22(28-14-8-9-15-28)20-10-6-5-7-11-20/h5-7,10-11,21-22H,8-9,12-19H2,1-4H3,(H,26,30). The van der Waals surface area contributed by atoms with Crippen molar-refractivity contribution in [1.29, 1.82) is 0 Å². The van der Waals surface area contributed by atoms with E-state index in [1.54, 1.807) is 0 Å². The molecule has 0 aromatic heterocycles. The Kier molecular flexibility index (Phi) is 8.11. The summed E-state index contributed by atoms with van der Waals surface area (Å²) in [5, 5.41) is 3.16. The number of nitrogens with one attached hydrogen (secondary N) is 1. The first-order valence-corrected chi connectivity index (χ1v) is 11.8. The molecule has 0 aliphatic carbocycles. The average Bonchev–Trinajstić information content (AvgIpc) is 3.26. The number of nitrogens with zero attached hydrogens (tertiary/aromatic N) is 3. The summed E-state index contributed by atoms with van der Waals surface area (Å²) in [6.45, 7) is 9.24. The number of benzene rings is 1. The molecule has 2 amide bonds. The Morgan fingerprint density at radius 2 is 1.68 bits per heavy atom. The van der Waals surface area contributed by atoms with E-state index in [0.717, 1.165) is 50.9 Å². The van der Waals surface area contributed by atoms with Crippen LogP contribution in [-0.4, -0.2) is 79.9 Å². The van der Waals surface area contributed by atoms with Gasteiger partial charge < -0.3 is 15.1 Å². The molecule has 2 saturated heterocycles. The largest absolute Gasteiger partial charge is 0.355 e. The second-order valence-corrected chi connectivity index (χ2v) is 10.3. The lowest BCUT2D eigenvalue weighted by Crippen LogP contribution is -2.48. The minimum atomic E-state index is -0.194. The normalized spacial score (nSPS) is 19.6. The van der Waals surface area contributed by atoms with Gasteiger partial charge in [-0.2, -0.15) is 0 Å². The van der Waals surface area contributed by atoms with E-state index in [1.165, 1.54) is 0 Å². The predicted octanol–water partition coefficient (Wildman–Crippen LogP) is 2.77. The first-order chi connectivity index (χ1) is 14.8. The summed E-state index contributed by atoms with van der Waals surface area (Å²) in [5.74, 6) is 0.332. The van der Waals surface area contributed by atoms with E-state index in [-0.39, 0.29) is 29.2 Å². The third-order valence-electron chi connectivity index (χ3n) is 6.52. The lowest BCUT2D eigenvalue weighted by molar-refractivity contribution is -0.140. The molecule has 0 saturated carbocycles. The summed E-state index contributed by atoms with van der Waals surface area (Å²) in [4.78, 5) is 32.7. The van der Waals surface area contributed by atoms with E-state index in [2.05, 4.69) is 55.2 Å². The van der Waals surface area contributed by atoms with Crippen LogP contribution in [0.2, 0.25) is 0 Å². The molecule has 2 aliphatic heterocycles. The molecule has 2 aliphatic rings. The molecule has 0 spiro atoms. The molecule has 1 unspecified atom stereocenters. The van der Waals surface area contributed by atoms with Gasteiger partial charge in [0.05, 0.1) is 0 Å². The van der Waals surface area contributed by atoms with Gasteiger partial charge >= 0.3 is 0 Å². The second-order valence-electron chi connectivity index (χ2n) is 10.3. The molecule has 1 aromatic carbocycles. The maximum atomic E-state index is 13.5.